The van der Waals surface area contributed by atoms with Crippen LogP contribution in [0.2, 0.25) is 0 Å². The first-order chi connectivity index (χ1) is 63.3. The Balaban J connectivity index is 0.000000359. The number of ether oxygens (including phenoxy) is 4. The molecule has 56 nitrogen and oxygen atoms in total. The second-order valence-electron chi connectivity index (χ2n) is 33.6. The molecule has 12 fully saturated rings. The van der Waals surface area contributed by atoms with Gasteiger partial charge in [-0.1, -0.05) is 0 Å². The van der Waals surface area contributed by atoms with Crippen molar-refractivity contribution in [3.8, 4) is 11.5 Å². The molecule has 1 aromatic rings. The maximum atomic E-state index is 15.5. The zero-order chi connectivity index (χ0) is 98.4. The van der Waals surface area contributed by atoms with Crippen molar-refractivity contribution < 1.29 is 170 Å². The van der Waals surface area contributed by atoms with Gasteiger partial charge in [0.25, 0.3) is 40.5 Å². The minimum Gasteiger partial charge on any atom is -0.496 e. The highest BCUT2D eigenvalue weighted by Crippen LogP contribution is 2.60. The molecule has 12 saturated heterocycles. The van der Waals surface area contributed by atoms with Gasteiger partial charge < -0.3 is 80.2 Å². The van der Waals surface area contributed by atoms with Gasteiger partial charge in [-0.05, 0) is 39.8 Å². The molecule has 15 rings (SSSR count). The number of hydrogen-bond acceptors (Lipinski definition) is 36. The lowest BCUT2D eigenvalue weighted by atomic mass is 9.94. The Morgan fingerprint density at radius 2 is 0.470 bits per heavy atom. The van der Waals surface area contributed by atoms with Crippen LogP contribution in [0.15, 0.2) is 34.8 Å². The summed E-state index contributed by atoms with van der Waals surface area (Å²) in [5.74, 6) is -2.96. The van der Waals surface area contributed by atoms with E-state index in [9.17, 15) is 51.9 Å². The van der Waals surface area contributed by atoms with E-state index in [4.69, 9.17) is 80.2 Å². The molecular formula is C74H122N20O36S4. The number of allylic oxidation sites excluding steroid dienone is 2. The summed E-state index contributed by atoms with van der Waals surface area (Å²) in [5.41, 5.74) is -6.00. The molecule has 0 radical (unpaired) electrons. The number of urea groups is 8. The third-order valence-electron chi connectivity index (χ3n) is 26.3. The fraction of sp³-hybridized carbons (Fsp3) is 0.757. The largest absolute Gasteiger partial charge is 0.496 e. The molecule has 16 N–H and O–H groups in total. The highest BCUT2D eigenvalue weighted by molar-refractivity contribution is 7.86. The number of fused-ring (bicyclic) bond motifs is 2. The molecule has 0 spiro atoms. The summed E-state index contributed by atoms with van der Waals surface area (Å²) >= 11 is 0. The maximum Gasteiger partial charge on any atom is 0.326 e. The van der Waals surface area contributed by atoms with Gasteiger partial charge in [0.05, 0.1) is 105 Å². The van der Waals surface area contributed by atoms with E-state index in [0.29, 0.717) is 78.5 Å². The van der Waals surface area contributed by atoms with Gasteiger partial charge in [-0.3, -0.25) is 116 Å². The van der Waals surface area contributed by atoms with Gasteiger partial charge in [0.1, 0.15) is 112 Å². The number of rotatable bonds is 40. The van der Waals surface area contributed by atoms with E-state index in [1.165, 1.54) is 90.5 Å². The molecule has 1 aromatic carbocycles. The van der Waals surface area contributed by atoms with E-state index in [0.717, 1.165) is 0 Å². The Labute approximate surface area is 772 Å². The van der Waals surface area contributed by atoms with Crippen molar-refractivity contribution in [3.63, 3.8) is 0 Å². The van der Waals surface area contributed by atoms with Crippen molar-refractivity contribution in [2.75, 3.05) is 260 Å². The normalized spacial score (nSPS) is 25.3. The molecule has 16 amide bonds. The van der Waals surface area contributed by atoms with Crippen LogP contribution in [0.25, 0.3) is 0 Å². The molecule has 14 aliphatic rings. The minimum absolute atomic E-state index is 0.00467. The van der Waals surface area contributed by atoms with Crippen LogP contribution in [0.1, 0.15) is 51.7 Å². The smallest absolute Gasteiger partial charge is 0.326 e. The average molecular weight is 2000 g/mol. The highest BCUT2D eigenvalue weighted by Gasteiger charge is 2.81. The van der Waals surface area contributed by atoms with Crippen LogP contribution in [0, 0.1) is 0 Å². The van der Waals surface area contributed by atoms with Crippen molar-refractivity contribution in [3.05, 3.63) is 45.9 Å². The summed E-state index contributed by atoms with van der Waals surface area (Å²) in [5, 5.41) is 102. The van der Waals surface area contributed by atoms with Crippen molar-refractivity contribution in [2.45, 2.75) is 101 Å². The van der Waals surface area contributed by atoms with Gasteiger partial charge in [-0.2, -0.15) is 33.7 Å². The predicted octanol–water partition coefficient (Wildman–Crippen LogP) is -8.73. The van der Waals surface area contributed by atoms with Crippen LogP contribution >= 0.6 is 0 Å². The van der Waals surface area contributed by atoms with E-state index >= 15 is 38.4 Å². The van der Waals surface area contributed by atoms with Gasteiger partial charge in [0.15, 0.2) is 47.3 Å². The fourth-order valence-electron chi connectivity index (χ4n) is 19.5. The van der Waals surface area contributed by atoms with Gasteiger partial charge >= 0.3 is 48.2 Å². The Bertz CT molecular complexity index is 4620. The van der Waals surface area contributed by atoms with E-state index < -0.39 is 225 Å². The van der Waals surface area contributed by atoms with E-state index in [1.54, 1.807) is 47.3 Å². The zero-order valence-corrected chi connectivity index (χ0v) is 77.7. The topological polar surface area (TPSA) is 699 Å². The monoisotopic (exact) mass is 1990 g/mol. The number of benzene rings is 1. The molecule has 758 valence electrons. The molecule has 0 aromatic heterocycles. The second kappa shape index (κ2) is 43.0. The number of hydrogen-bond donors (Lipinski definition) is 16. The quantitative estimate of drug-likeness (QED) is 0.0271. The van der Waals surface area contributed by atoms with Crippen LogP contribution in [-0.2, 0) is 63.0 Å². The molecular weight excluding hydrogens is 1870 g/mol. The molecule has 60 heteroatoms. The van der Waals surface area contributed by atoms with Crippen LogP contribution in [0.5, 0.6) is 11.5 Å². The second-order valence-corrected chi connectivity index (χ2v) is 39.9. The Morgan fingerprint density at radius 3 is 0.672 bits per heavy atom. The summed E-state index contributed by atoms with van der Waals surface area (Å²) in [4.78, 5) is 152. The first-order valence-electron chi connectivity index (χ1n) is 43.1. The summed E-state index contributed by atoms with van der Waals surface area (Å²) in [6.07, 6.45) is -5.20. The number of carbonyl (C=O) groups excluding carboxylic acids is 8. The summed E-state index contributed by atoms with van der Waals surface area (Å²) in [6.45, 7) is 6.24. The van der Waals surface area contributed by atoms with Crippen molar-refractivity contribution in [2.24, 2.45) is 0 Å². The zero-order valence-electron chi connectivity index (χ0n) is 74.5. The van der Waals surface area contributed by atoms with Gasteiger partial charge in [-0.15, -0.1) is 0 Å². The Morgan fingerprint density at radius 1 is 0.284 bits per heavy atom. The first-order valence-corrected chi connectivity index (χ1v) is 49.5. The van der Waals surface area contributed by atoms with Crippen LogP contribution in [0.4, 0.5) is 38.4 Å². The molecule has 0 saturated carbocycles. The Hall–Kier alpha value is -8.94. The minimum atomic E-state index is -4.54. The highest BCUT2D eigenvalue weighted by atomic mass is 32.2. The summed E-state index contributed by atoms with van der Waals surface area (Å²) in [6, 6.07) is -3.33. The van der Waals surface area contributed by atoms with Gasteiger partial charge in [0, 0.05) is 114 Å². The van der Waals surface area contributed by atoms with Crippen LogP contribution in [-0.4, -0.2) is 567 Å². The predicted molar refractivity (Wildman–Crippen MR) is 457 cm³/mol. The molecule has 0 bridgehead atoms. The average Bonchev–Trinajstić information content (AvgIpc) is 1.49. The number of aliphatic hydroxyl groups excluding tert-OH is 12. The Kier molecular flexibility index (Phi) is 33.8. The standard InChI is InChI=1S/C50H62N16O24S4.4C6H15NO3/c1-47-49(3)63-23-55-37-35-51(39(55)67)21-53-36-38-57(41(53)69)25-65-45(73)61-19-29-30(34(90-12-16-94(84,85)86)8-7-33(29)89-11-15-93(81,82)83)20-62-46(74)66(50(65,4)48(61,62)2)26-58(38)42(70)54(36)22-52(35)40(68)56(37)24-64(49)44(72)60(47)18-28-27(17-59(47)43(63)71)31(87-9-13-91(75,76)77)5-6-32(28)88-10-14-92(78,79)80;4*8-4-1-7(2-5-9)3-6-10/h5-6,35-38H,7-26H2,1-4H3,(H,75,76,77)(H,78,79,80)(H,81,82,83)(H,84,85,86);4*8-10H,1-6H2. The maximum absolute atomic E-state index is 15.5. The summed E-state index contributed by atoms with van der Waals surface area (Å²) in [7, 11) is -18.1. The van der Waals surface area contributed by atoms with Crippen molar-refractivity contribution in [1.29, 1.82) is 0 Å². The number of aliphatic hydroxyl groups is 12. The van der Waals surface area contributed by atoms with Crippen molar-refractivity contribution >= 4 is 88.7 Å². The summed E-state index contributed by atoms with van der Waals surface area (Å²) < 4.78 is 156. The van der Waals surface area contributed by atoms with Gasteiger partial charge in [0.2, 0.25) is 0 Å². The number of carbonyl (C=O) groups is 8. The van der Waals surface area contributed by atoms with Gasteiger partial charge in [-0.25, -0.2) is 38.4 Å². The third-order valence-corrected chi connectivity index (χ3v) is 29.1. The first kappa shape index (κ1) is 106. The lowest BCUT2D eigenvalue weighted by Crippen LogP contribution is -2.69. The SMILES string of the molecule is CC12N3CC4=C(OCCS(=O)(=O)O)CCC(OCCS(=O)(=O)O)=C4CN1C(=O)N1CN4C(=O)N5CN6C(=O)N7CN8C(=O)N9Cc%10c(OCCS(=O)(=O)O)ccc(OCCS(=O)(=O)O)c%10CN%10C(=O)N(CN%11C(=O)N(CN%12C(=O)N(CN(C3=O)C12C)C4C%125)C6C%117)C8(C)C%109C.OCCN(CCO)CCO.OCCN(CCO)CCO.OCCN(CCO)CCO.OCCN(CCO)CCO. The molecule has 1 aliphatic carbocycles. The van der Waals surface area contributed by atoms with E-state index in [-0.39, 0.29) is 164 Å². The lowest BCUT2D eigenvalue weighted by Gasteiger charge is -2.49. The molecule has 0 atom stereocenters. The number of nitrogens with zero attached hydrogens (tertiary/aromatic N) is 20. The third kappa shape index (κ3) is 20.5. The molecule has 13 heterocycles. The fourth-order valence-corrected chi connectivity index (χ4v) is 20.7. The van der Waals surface area contributed by atoms with Crippen LogP contribution < -0.4 is 9.47 Å². The number of amides is 16. The van der Waals surface area contributed by atoms with Crippen LogP contribution in [0.3, 0.4) is 0 Å². The molecule has 134 heavy (non-hydrogen) atoms. The molecule has 13 aliphatic heterocycles. The van der Waals surface area contributed by atoms with E-state index in [2.05, 4.69) is 0 Å². The lowest BCUT2D eigenvalue weighted by molar-refractivity contribution is -0.0867. The van der Waals surface area contributed by atoms with Crippen molar-refractivity contribution in [1.82, 2.24) is 98.0 Å². The van der Waals surface area contributed by atoms with E-state index in [1.807, 2.05) is 0 Å². The molecule has 0 unspecified atom stereocenters.